The van der Waals surface area contributed by atoms with Gasteiger partial charge in [0.2, 0.25) is 0 Å². The van der Waals surface area contributed by atoms with Crippen LogP contribution in [0.2, 0.25) is 0 Å². The highest BCUT2D eigenvalue weighted by Crippen LogP contribution is 2.62. The molecular weight excluding hydrogens is 347 g/mol. The van der Waals surface area contributed by atoms with Crippen molar-refractivity contribution >= 4 is 21.8 Å². The molecule has 0 radical (unpaired) electrons. The molecule has 0 aliphatic heterocycles. The predicted molar refractivity (Wildman–Crippen MR) is 78.0 cm³/mol. The van der Waals surface area contributed by atoms with E-state index in [0.717, 1.165) is 6.07 Å². The molecule has 6 heteroatoms. The Balaban J connectivity index is 2.22. The molecule has 1 saturated carbocycles. The maximum Gasteiger partial charge on any atom is 0.417 e. The van der Waals surface area contributed by atoms with Gasteiger partial charge in [0, 0.05) is 16.1 Å². The fraction of sp³-hybridized carbons (Fsp3) is 0.533. The van der Waals surface area contributed by atoms with Crippen LogP contribution in [-0.4, -0.2) is 11.9 Å². The van der Waals surface area contributed by atoms with Gasteiger partial charge in [0.25, 0.3) is 5.91 Å². The Bertz CT molecular complexity index is 579. The maximum atomic E-state index is 12.9. The second kappa shape index (κ2) is 4.73. The van der Waals surface area contributed by atoms with Crippen LogP contribution >= 0.6 is 15.9 Å². The highest BCUT2D eigenvalue weighted by molar-refractivity contribution is 9.10. The molecule has 0 bridgehead atoms. The van der Waals surface area contributed by atoms with Crippen LogP contribution in [0.25, 0.3) is 0 Å². The van der Waals surface area contributed by atoms with E-state index in [1.54, 1.807) is 0 Å². The Morgan fingerprint density at radius 2 is 1.71 bits per heavy atom. The van der Waals surface area contributed by atoms with Crippen molar-refractivity contribution in [3.63, 3.8) is 0 Å². The lowest BCUT2D eigenvalue weighted by Crippen LogP contribution is -2.30. The summed E-state index contributed by atoms with van der Waals surface area (Å²) in [5.74, 6) is -0.475. The molecule has 1 amide bonds. The summed E-state index contributed by atoms with van der Waals surface area (Å²) in [6.45, 7) is 8.11. The molecule has 1 aromatic rings. The lowest BCUT2D eigenvalue weighted by atomic mass is 10.0. The highest BCUT2D eigenvalue weighted by Gasteiger charge is 2.65. The summed E-state index contributed by atoms with van der Waals surface area (Å²) < 4.78 is 38.5. The van der Waals surface area contributed by atoms with Crippen molar-refractivity contribution in [3.8, 4) is 0 Å². The smallest absolute Gasteiger partial charge is 0.348 e. The van der Waals surface area contributed by atoms with E-state index in [1.807, 2.05) is 27.7 Å². The van der Waals surface area contributed by atoms with Gasteiger partial charge < -0.3 is 5.32 Å². The van der Waals surface area contributed by atoms with E-state index >= 15 is 0 Å². The van der Waals surface area contributed by atoms with Gasteiger partial charge in [0.1, 0.15) is 0 Å². The summed E-state index contributed by atoms with van der Waals surface area (Å²) in [5, 5.41) is 2.83. The van der Waals surface area contributed by atoms with Crippen LogP contribution in [0.3, 0.4) is 0 Å². The van der Waals surface area contributed by atoms with Crippen molar-refractivity contribution in [3.05, 3.63) is 33.8 Å². The van der Waals surface area contributed by atoms with Gasteiger partial charge in [-0.3, -0.25) is 4.79 Å². The zero-order valence-electron chi connectivity index (χ0n) is 12.2. The lowest BCUT2D eigenvalue weighted by Gasteiger charge is -2.12. The third-order valence-electron chi connectivity index (χ3n) is 4.83. The van der Waals surface area contributed by atoms with Gasteiger partial charge in [-0.1, -0.05) is 43.6 Å². The summed E-state index contributed by atoms with van der Waals surface area (Å²) in [6.07, 6.45) is -4.49. The molecule has 0 unspecified atom stereocenters. The van der Waals surface area contributed by atoms with Gasteiger partial charge in [0.05, 0.1) is 5.56 Å². The Kier molecular flexibility index (Phi) is 3.68. The van der Waals surface area contributed by atoms with Crippen molar-refractivity contribution in [2.75, 3.05) is 0 Å². The van der Waals surface area contributed by atoms with E-state index in [1.165, 1.54) is 12.1 Å². The first kappa shape index (κ1) is 16.3. The van der Waals surface area contributed by atoms with Crippen molar-refractivity contribution in [1.82, 2.24) is 5.32 Å². The minimum atomic E-state index is -4.49. The fourth-order valence-corrected chi connectivity index (χ4v) is 3.13. The zero-order chi connectivity index (χ0) is 16.2. The molecule has 1 aromatic carbocycles. The second-order valence-electron chi connectivity index (χ2n) is 6.54. The lowest BCUT2D eigenvalue weighted by molar-refractivity contribution is -0.138. The van der Waals surface area contributed by atoms with Crippen LogP contribution in [0.4, 0.5) is 13.2 Å². The first-order valence-corrected chi connectivity index (χ1v) is 7.36. The largest absolute Gasteiger partial charge is 0.417 e. The van der Waals surface area contributed by atoms with Crippen LogP contribution in [0.15, 0.2) is 22.7 Å². The molecule has 1 aliphatic carbocycles. The van der Waals surface area contributed by atoms with Crippen LogP contribution in [0.1, 0.15) is 43.6 Å². The van der Waals surface area contributed by atoms with Gasteiger partial charge in [-0.25, -0.2) is 0 Å². The molecular formula is C15H17BrF3NO. The number of hydrogen-bond donors (Lipinski definition) is 1. The standard InChI is InChI=1S/C15H17BrF3NO/c1-13(2)12(14(13,3)4)20-11(21)8-5-6-10(16)9(7-8)15(17,18)19/h5-7,12H,1-4H3,(H,20,21). The minimum absolute atomic E-state index is 0.0176. The Morgan fingerprint density at radius 1 is 1.19 bits per heavy atom. The molecule has 2 rings (SSSR count). The molecule has 0 heterocycles. The second-order valence-corrected chi connectivity index (χ2v) is 7.40. The molecule has 0 atom stereocenters. The molecule has 21 heavy (non-hydrogen) atoms. The monoisotopic (exact) mass is 363 g/mol. The van der Waals surface area contributed by atoms with E-state index < -0.39 is 17.6 Å². The van der Waals surface area contributed by atoms with Gasteiger partial charge in [-0.15, -0.1) is 0 Å². The summed E-state index contributed by atoms with van der Waals surface area (Å²) in [5.41, 5.74) is -0.955. The Hall–Kier alpha value is -1.04. The molecule has 0 spiro atoms. The molecule has 116 valence electrons. The zero-order valence-corrected chi connectivity index (χ0v) is 13.8. The van der Waals surface area contributed by atoms with E-state index in [9.17, 15) is 18.0 Å². The average molecular weight is 364 g/mol. The number of hydrogen-bond acceptors (Lipinski definition) is 1. The normalized spacial score (nSPS) is 20.2. The quantitative estimate of drug-likeness (QED) is 0.815. The van der Waals surface area contributed by atoms with Crippen LogP contribution < -0.4 is 5.32 Å². The summed E-state index contributed by atoms with van der Waals surface area (Å²) in [6, 6.07) is 3.47. The molecule has 1 fully saturated rings. The number of alkyl halides is 3. The number of carbonyl (C=O) groups is 1. The maximum absolute atomic E-state index is 12.9. The summed E-state index contributed by atoms with van der Waals surface area (Å²) in [4.78, 5) is 12.2. The molecule has 1 N–H and O–H groups in total. The van der Waals surface area contributed by atoms with Crippen molar-refractivity contribution in [1.29, 1.82) is 0 Å². The molecule has 0 saturated heterocycles. The SMILES string of the molecule is CC1(C)C(NC(=O)c2ccc(Br)c(C(F)(F)F)c2)C1(C)C. The van der Waals surface area contributed by atoms with E-state index in [4.69, 9.17) is 0 Å². The number of benzene rings is 1. The third kappa shape index (κ3) is 2.70. The van der Waals surface area contributed by atoms with Gasteiger partial charge in [0.15, 0.2) is 0 Å². The summed E-state index contributed by atoms with van der Waals surface area (Å²) >= 11 is 2.86. The van der Waals surface area contributed by atoms with Crippen molar-refractivity contribution in [2.24, 2.45) is 10.8 Å². The average Bonchev–Trinajstić information content (AvgIpc) is 2.70. The van der Waals surface area contributed by atoms with Gasteiger partial charge in [-0.05, 0) is 29.0 Å². The van der Waals surface area contributed by atoms with Gasteiger partial charge in [-0.2, -0.15) is 13.2 Å². The van der Waals surface area contributed by atoms with Crippen LogP contribution in [0.5, 0.6) is 0 Å². The number of halogens is 4. The van der Waals surface area contributed by atoms with Crippen molar-refractivity contribution in [2.45, 2.75) is 39.9 Å². The Morgan fingerprint density at radius 3 is 2.14 bits per heavy atom. The summed E-state index contributed by atoms with van der Waals surface area (Å²) in [7, 11) is 0. The molecule has 0 aromatic heterocycles. The highest BCUT2D eigenvalue weighted by atomic mass is 79.9. The number of amides is 1. The van der Waals surface area contributed by atoms with Crippen LogP contribution in [-0.2, 0) is 6.18 Å². The van der Waals surface area contributed by atoms with Crippen molar-refractivity contribution < 1.29 is 18.0 Å². The Labute approximate surface area is 130 Å². The number of nitrogens with one attached hydrogen (secondary N) is 1. The number of carbonyl (C=O) groups excluding carboxylic acids is 1. The molecule has 2 nitrogen and oxygen atoms in total. The first-order chi connectivity index (χ1) is 9.39. The van der Waals surface area contributed by atoms with E-state index in [0.29, 0.717) is 0 Å². The van der Waals surface area contributed by atoms with E-state index in [-0.39, 0.29) is 26.9 Å². The third-order valence-corrected chi connectivity index (χ3v) is 5.52. The van der Waals surface area contributed by atoms with E-state index in [2.05, 4.69) is 21.2 Å². The predicted octanol–water partition coefficient (Wildman–Crippen LogP) is 4.63. The van der Waals surface area contributed by atoms with Crippen LogP contribution in [0, 0.1) is 10.8 Å². The van der Waals surface area contributed by atoms with Gasteiger partial charge >= 0.3 is 6.18 Å². The minimum Gasteiger partial charge on any atom is -0.348 e. The number of rotatable bonds is 2. The topological polar surface area (TPSA) is 29.1 Å². The molecule has 1 aliphatic rings. The fourth-order valence-electron chi connectivity index (χ4n) is 2.66. The first-order valence-electron chi connectivity index (χ1n) is 6.56.